The molecule has 0 spiro atoms. The van der Waals surface area contributed by atoms with Crippen molar-refractivity contribution >= 4 is 32.7 Å². The van der Waals surface area contributed by atoms with Crippen molar-refractivity contribution < 1.29 is 18.0 Å². The molecule has 4 rings (SSSR count). The smallest absolute Gasteiger partial charge is 0.269 e. The van der Waals surface area contributed by atoms with E-state index < -0.39 is 15.9 Å². The van der Waals surface area contributed by atoms with Crippen LogP contribution in [-0.4, -0.2) is 42.2 Å². The zero-order chi connectivity index (χ0) is 22.0. The number of hydrogen-bond donors (Lipinski definition) is 2. The van der Waals surface area contributed by atoms with E-state index in [0.29, 0.717) is 13.1 Å². The predicted molar refractivity (Wildman–Crippen MR) is 117 cm³/mol. The van der Waals surface area contributed by atoms with Gasteiger partial charge >= 0.3 is 0 Å². The van der Waals surface area contributed by atoms with Gasteiger partial charge in [0.25, 0.3) is 11.8 Å². The van der Waals surface area contributed by atoms with Crippen molar-refractivity contribution in [3.63, 3.8) is 0 Å². The minimum absolute atomic E-state index is 0.0621. The van der Waals surface area contributed by atoms with Crippen LogP contribution in [0.25, 0.3) is 10.9 Å². The average molecular weight is 441 g/mol. The third-order valence-electron chi connectivity index (χ3n) is 5.45. The van der Waals surface area contributed by atoms with E-state index in [4.69, 9.17) is 0 Å². The van der Waals surface area contributed by atoms with Crippen molar-refractivity contribution in [1.29, 1.82) is 0 Å². The fourth-order valence-corrected chi connectivity index (χ4v) is 5.31. The predicted octanol–water partition coefficient (Wildman–Crippen LogP) is 2.20. The lowest BCUT2D eigenvalue weighted by atomic mass is 10.2. The van der Waals surface area contributed by atoms with Crippen molar-refractivity contribution in [2.75, 3.05) is 13.1 Å². The number of carbonyl (C=O) groups excluding carboxylic acids is 2. The molecule has 0 bridgehead atoms. The largest absolute Gasteiger partial charge is 0.335 e. The second-order valence-corrected chi connectivity index (χ2v) is 9.51. The number of sulfonamides is 1. The van der Waals surface area contributed by atoms with Crippen LogP contribution in [0.1, 0.15) is 28.9 Å². The van der Waals surface area contributed by atoms with Crippen LogP contribution in [0.5, 0.6) is 0 Å². The average Bonchev–Trinajstić information content (AvgIpc) is 3.41. The molecule has 0 unspecified atom stereocenters. The van der Waals surface area contributed by atoms with Crippen LogP contribution >= 0.6 is 0 Å². The Morgan fingerprint density at radius 1 is 0.968 bits per heavy atom. The lowest BCUT2D eigenvalue weighted by Crippen LogP contribution is -2.43. The molecule has 1 aliphatic rings. The standard InChI is InChI=1S/C22H24N4O4S/c1-16-14-18-6-2-3-7-20(18)26(16)15-21(27)23-24-22(28)17-8-10-19(11-9-17)31(29,30)25-12-4-5-13-25/h2-3,6-11,14H,4-5,12-13,15H2,1H3,(H,23,27)(H,24,28). The van der Waals surface area contributed by atoms with E-state index in [0.717, 1.165) is 29.4 Å². The van der Waals surface area contributed by atoms with E-state index in [-0.39, 0.29) is 22.9 Å². The van der Waals surface area contributed by atoms with Gasteiger partial charge in [-0.15, -0.1) is 0 Å². The first-order valence-electron chi connectivity index (χ1n) is 10.1. The Balaban J connectivity index is 1.37. The molecule has 0 radical (unpaired) electrons. The van der Waals surface area contributed by atoms with E-state index >= 15 is 0 Å². The molecule has 0 atom stereocenters. The molecule has 9 heteroatoms. The summed E-state index contributed by atoms with van der Waals surface area (Å²) in [5.41, 5.74) is 6.93. The second-order valence-electron chi connectivity index (χ2n) is 7.57. The molecule has 0 aliphatic carbocycles. The summed E-state index contributed by atoms with van der Waals surface area (Å²) in [6.45, 7) is 3.02. The van der Waals surface area contributed by atoms with Crippen molar-refractivity contribution in [2.45, 2.75) is 31.2 Å². The van der Waals surface area contributed by atoms with Crippen LogP contribution in [0.4, 0.5) is 0 Å². The molecule has 2 N–H and O–H groups in total. The summed E-state index contributed by atoms with van der Waals surface area (Å²) in [7, 11) is -3.53. The molecule has 31 heavy (non-hydrogen) atoms. The Morgan fingerprint density at radius 2 is 1.65 bits per heavy atom. The second kappa shape index (κ2) is 8.52. The van der Waals surface area contributed by atoms with Gasteiger partial charge in [0.1, 0.15) is 6.54 Å². The third-order valence-corrected chi connectivity index (χ3v) is 7.37. The summed E-state index contributed by atoms with van der Waals surface area (Å²) in [4.78, 5) is 24.9. The molecule has 2 aromatic carbocycles. The highest BCUT2D eigenvalue weighted by atomic mass is 32.2. The lowest BCUT2D eigenvalue weighted by Gasteiger charge is -2.15. The summed E-state index contributed by atoms with van der Waals surface area (Å²) in [5.74, 6) is -0.890. The van der Waals surface area contributed by atoms with Gasteiger partial charge in [0, 0.05) is 29.9 Å². The zero-order valence-corrected chi connectivity index (χ0v) is 18.0. The molecule has 2 amide bonds. The van der Waals surface area contributed by atoms with E-state index in [1.54, 1.807) is 0 Å². The number of hydrazine groups is 1. The van der Waals surface area contributed by atoms with Crippen molar-refractivity contribution in [3.05, 3.63) is 65.9 Å². The molecule has 1 aliphatic heterocycles. The van der Waals surface area contributed by atoms with Gasteiger partial charge in [-0.25, -0.2) is 8.42 Å². The van der Waals surface area contributed by atoms with Crippen LogP contribution in [-0.2, 0) is 21.4 Å². The Kier molecular flexibility index (Phi) is 5.79. The molecule has 162 valence electrons. The van der Waals surface area contributed by atoms with Gasteiger partial charge in [-0.3, -0.25) is 20.4 Å². The molecule has 1 aromatic heterocycles. The number of aromatic nitrogens is 1. The van der Waals surface area contributed by atoms with Gasteiger partial charge in [-0.2, -0.15) is 4.31 Å². The zero-order valence-electron chi connectivity index (χ0n) is 17.2. The van der Waals surface area contributed by atoms with Gasteiger partial charge < -0.3 is 4.57 Å². The fourth-order valence-electron chi connectivity index (χ4n) is 3.80. The number of rotatable bonds is 5. The quantitative estimate of drug-likeness (QED) is 0.594. The lowest BCUT2D eigenvalue weighted by molar-refractivity contribution is -0.122. The normalized spacial score (nSPS) is 14.6. The van der Waals surface area contributed by atoms with Gasteiger partial charge in [-0.1, -0.05) is 18.2 Å². The number of carbonyl (C=O) groups is 2. The number of nitrogens with zero attached hydrogens (tertiary/aromatic N) is 2. The van der Waals surface area contributed by atoms with Crippen molar-refractivity contribution in [1.82, 2.24) is 19.7 Å². The van der Waals surface area contributed by atoms with Crippen LogP contribution in [0.15, 0.2) is 59.5 Å². The topological polar surface area (TPSA) is 101 Å². The molecule has 2 heterocycles. The number of aryl methyl sites for hydroxylation is 1. The number of hydrogen-bond acceptors (Lipinski definition) is 4. The number of nitrogens with one attached hydrogen (secondary N) is 2. The summed E-state index contributed by atoms with van der Waals surface area (Å²) in [6, 6.07) is 15.5. The van der Waals surface area contributed by atoms with Crippen LogP contribution < -0.4 is 10.9 Å². The van der Waals surface area contributed by atoms with Gasteiger partial charge in [-0.05, 0) is 61.5 Å². The molecule has 0 saturated carbocycles. The summed E-state index contributed by atoms with van der Waals surface area (Å²) in [5, 5.41) is 1.04. The SMILES string of the molecule is Cc1cc2ccccc2n1CC(=O)NNC(=O)c1ccc(S(=O)(=O)N2CCCC2)cc1. The molecule has 8 nitrogen and oxygen atoms in total. The number of amides is 2. The monoisotopic (exact) mass is 440 g/mol. The van der Waals surface area contributed by atoms with Gasteiger partial charge in [0.15, 0.2) is 0 Å². The number of fused-ring (bicyclic) bond motifs is 1. The molecular weight excluding hydrogens is 416 g/mol. The highest BCUT2D eigenvalue weighted by Crippen LogP contribution is 2.21. The minimum atomic E-state index is -3.53. The molecule has 1 fully saturated rings. The Labute approximate surface area is 180 Å². The van der Waals surface area contributed by atoms with Gasteiger partial charge in [0.05, 0.1) is 4.90 Å². The maximum Gasteiger partial charge on any atom is 0.269 e. The molecular formula is C22H24N4O4S. The Morgan fingerprint density at radius 3 is 2.35 bits per heavy atom. The summed E-state index contributed by atoms with van der Waals surface area (Å²) < 4.78 is 28.5. The third kappa shape index (κ3) is 4.33. The van der Waals surface area contributed by atoms with Crippen LogP contribution in [0.3, 0.4) is 0 Å². The molecule has 1 saturated heterocycles. The highest BCUT2D eigenvalue weighted by Gasteiger charge is 2.27. The van der Waals surface area contributed by atoms with Crippen LogP contribution in [0.2, 0.25) is 0 Å². The molecule has 3 aromatic rings. The Hall–Kier alpha value is -3.17. The van der Waals surface area contributed by atoms with Gasteiger partial charge in [0.2, 0.25) is 10.0 Å². The van der Waals surface area contributed by atoms with Crippen LogP contribution in [0, 0.1) is 6.92 Å². The fraction of sp³-hybridized carbons (Fsp3) is 0.273. The first kappa shape index (κ1) is 21.1. The van der Waals surface area contributed by atoms with E-state index in [2.05, 4.69) is 10.9 Å². The maximum atomic E-state index is 12.6. The van der Waals surface area contributed by atoms with Crippen molar-refractivity contribution in [2.24, 2.45) is 0 Å². The maximum absolute atomic E-state index is 12.6. The van der Waals surface area contributed by atoms with E-state index in [9.17, 15) is 18.0 Å². The number of benzene rings is 2. The highest BCUT2D eigenvalue weighted by molar-refractivity contribution is 7.89. The summed E-state index contributed by atoms with van der Waals surface area (Å²) in [6.07, 6.45) is 1.72. The minimum Gasteiger partial charge on any atom is -0.335 e. The van der Waals surface area contributed by atoms with E-state index in [1.165, 1.54) is 28.6 Å². The first-order valence-corrected chi connectivity index (χ1v) is 11.5. The van der Waals surface area contributed by atoms with Crippen molar-refractivity contribution in [3.8, 4) is 0 Å². The van der Waals surface area contributed by atoms with E-state index in [1.807, 2.05) is 41.8 Å². The first-order chi connectivity index (χ1) is 14.9. The number of para-hydroxylation sites is 1. The Bertz CT molecular complexity index is 1230. The summed E-state index contributed by atoms with van der Waals surface area (Å²) >= 11 is 0.